The number of rotatable bonds is 7. The lowest BCUT2D eigenvalue weighted by molar-refractivity contribution is -0.119. The highest BCUT2D eigenvalue weighted by atomic mass is 19.1. The first kappa shape index (κ1) is 23.7. The van der Waals surface area contributed by atoms with Crippen LogP contribution >= 0.6 is 0 Å². The number of carbonyl (C=O) groups excluding carboxylic acids is 3. The molecule has 2 unspecified atom stereocenters. The monoisotopic (exact) mass is 472 g/mol. The molecule has 1 N–H and O–H groups in total. The molecule has 2 aromatic rings. The van der Waals surface area contributed by atoms with Gasteiger partial charge in [-0.2, -0.15) is 0 Å². The van der Waals surface area contributed by atoms with Crippen molar-refractivity contribution in [3.63, 3.8) is 0 Å². The van der Waals surface area contributed by atoms with Gasteiger partial charge in [0.1, 0.15) is 17.7 Å². The largest absolute Gasteiger partial charge is 0.457 e. The van der Waals surface area contributed by atoms with E-state index >= 15 is 4.39 Å². The molecule has 0 aliphatic carbocycles. The van der Waals surface area contributed by atoms with Gasteiger partial charge in [0.05, 0.1) is 31.0 Å². The molecule has 9 nitrogen and oxygen atoms in total. The molecule has 2 aliphatic rings. The molecule has 4 rings (SSSR count). The molecule has 182 valence electrons. The SMILES string of the molecule is CC(=O)NC[C@H]1CN(c2ccc(N3C(C)CN(Cc4ccc(C=O)o4)CC3C)c(F)c2)C(=O)O1. The predicted molar refractivity (Wildman–Crippen MR) is 123 cm³/mol. The summed E-state index contributed by atoms with van der Waals surface area (Å²) in [5, 5.41) is 2.63. The van der Waals surface area contributed by atoms with Crippen LogP contribution in [0.4, 0.5) is 20.6 Å². The summed E-state index contributed by atoms with van der Waals surface area (Å²) >= 11 is 0. The Labute approximate surface area is 197 Å². The lowest BCUT2D eigenvalue weighted by atomic mass is 10.1. The van der Waals surface area contributed by atoms with E-state index in [1.54, 1.807) is 24.3 Å². The number of aldehydes is 1. The lowest BCUT2D eigenvalue weighted by Gasteiger charge is -2.45. The van der Waals surface area contributed by atoms with Crippen molar-refractivity contribution < 1.29 is 27.9 Å². The Morgan fingerprint density at radius 2 is 1.91 bits per heavy atom. The topological polar surface area (TPSA) is 95.3 Å². The van der Waals surface area contributed by atoms with Crippen molar-refractivity contribution in [2.75, 3.05) is 36.0 Å². The van der Waals surface area contributed by atoms with E-state index in [0.29, 0.717) is 43.1 Å². The van der Waals surface area contributed by atoms with E-state index in [1.807, 2.05) is 13.8 Å². The normalized spacial score (nSPS) is 23.2. The number of hydrogen-bond acceptors (Lipinski definition) is 7. The van der Waals surface area contributed by atoms with E-state index < -0.39 is 18.0 Å². The third-order valence-corrected chi connectivity index (χ3v) is 6.15. The van der Waals surface area contributed by atoms with Gasteiger partial charge in [0.25, 0.3) is 0 Å². The first-order valence-electron chi connectivity index (χ1n) is 11.3. The number of piperazine rings is 1. The number of nitrogens with zero attached hydrogens (tertiary/aromatic N) is 3. The van der Waals surface area contributed by atoms with Crippen molar-refractivity contribution in [1.29, 1.82) is 0 Å². The summed E-state index contributed by atoms with van der Waals surface area (Å²) in [6.07, 6.45) is -0.359. The molecule has 2 saturated heterocycles. The second kappa shape index (κ2) is 9.84. The Bertz CT molecular complexity index is 1060. The van der Waals surface area contributed by atoms with Crippen LogP contribution in [0.15, 0.2) is 34.7 Å². The fourth-order valence-corrected chi connectivity index (χ4v) is 4.77. The minimum Gasteiger partial charge on any atom is -0.457 e. The van der Waals surface area contributed by atoms with Gasteiger partial charge in [-0.1, -0.05) is 0 Å². The van der Waals surface area contributed by atoms with E-state index in [0.717, 1.165) is 5.76 Å². The van der Waals surface area contributed by atoms with Gasteiger partial charge in [0.2, 0.25) is 5.91 Å². The zero-order chi connectivity index (χ0) is 24.4. The summed E-state index contributed by atoms with van der Waals surface area (Å²) < 4.78 is 26.0. The third kappa shape index (κ3) is 5.06. The smallest absolute Gasteiger partial charge is 0.414 e. The predicted octanol–water partition coefficient (Wildman–Crippen LogP) is 2.79. The molecule has 10 heteroatoms. The average Bonchev–Trinajstić information content (AvgIpc) is 3.38. The summed E-state index contributed by atoms with van der Waals surface area (Å²) in [6.45, 7) is 7.91. The van der Waals surface area contributed by atoms with Gasteiger partial charge in [-0.15, -0.1) is 0 Å². The van der Waals surface area contributed by atoms with E-state index in [1.165, 1.54) is 17.9 Å². The molecule has 1 aromatic carbocycles. The second-order valence-corrected chi connectivity index (χ2v) is 8.91. The molecule has 2 fully saturated rings. The minimum absolute atomic E-state index is 0.0309. The number of amides is 2. The number of hydrogen-bond donors (Lipinski definition) is 1. The molecule has 0 saturated carbocycles. The number of benzene rings is 1. The van der Waals surface area contributed by atoms with Crippen LogP contribution in [-0.2, 0) is 16.1 Å². The summed E-state index contributed by atoms with van der Waals surface area (Å²) in [7, 11) is 0. The molecular formula is C24H29FN4O5. The van der Waals surface area contributed by atoms with Crippen LogP contribution in [0.2, 0.25) is 0 Å². The molecule has 2 aliphatic heterocycles. The van der Waals surface area contributed by atoms with E-state index in [9.17, 15) is 14.4 Å². The number of cyclic esters (lactones) is 1. The van der Waals surface area contributed by atoms with Gasteiger partial charge < -0.3 is 19.4 Å². The Hall–Kier alpha value is -3.40. The third-order valence-electron chi connectivity index (χ3n) is 6.15. The van der Waals surface area contributed by atoms with Crippen molar-refractivity contribution in [3.05, 3.63) is 47.7 Å². The molecule has 0 spiro atoms. The van der Waals surface area contributed by atoms with Gasteiger partial charge in [0.15, 0.2) is 12.0 Å². The van der Waals surface area contributed by atoms with Crippen molar-refractivity contribution >= 4 is 29.7 Å². The minimum atomic E-state index is -0.562. The zero-order valence-electron chi connectivity index (χ0n) is 19.5. The molecule has 34 heavy (non-hydrogen) atoms. The first-order valence-corrected chi connectivity index (χ1v) is 11.3. The van der Waals surface area contributed by atoms with Crippen molar-refractivity contribution in [1.82, 2.24) is 10.2 Å². The fraction of sp³-hybridized carbons (Fsp3) is 0.458. The number of halogens is 1. The molecule has 3 heterocycles. The standard InChI is InChI=1S/C24H29FN4O5/c1-15-10-27(12-19-5-6-20(14-30)33-19)11-16(2)29(15)23-7-4-18(8-22(23)25)28-13-21(34-24(28)32)9-26-17(3)31/h4-8,14-16,21H,9-13H2,1-3H3,(H,26,31)/t15?,16?,21-/m0/s1. The van der Waals surface area contributed by atoms with Crippen LogP contribution in [0.1, 0.15) is 37.1 Å². The van der Waals surface area contributed by atoms with Crippen LogP contribution in [0.5, 0.6) is 0 Å². The van der Waals surface area contributed by atoms with Crippen LogP contribution in [0.25, 0.3) is 0 Å². The molecule has 1 aromatic heterocycles. The maximum atomic E-state index is 15.3. The van der Waals surface area contributed by atoms with Gasteiger partial charge in [-0.3, -0.25) is 19.4 Å². The van der Waals surface area contributed by atoms with Crippen LogP contribution < -0.4 is 15.1 Å². The van der Waals surface area contributed by atoms with Crippen molar-refractivity contribution in [2.45, 2.75) is 45.5 Å². The highest BCUT2D eigenvalue weighted by Crippen LogP contribution is 2.32. The second-order valence-electron chi connectivity index (χ2n) is 8.91. The van der Waals surface area contributed by atoms with Crippen LogP contribution in [-0.4, -0.2) is 67.6 Å². The van der Waals surface area contributed by atoms with Crippen LogP contribution in [0, 0.1) is 5.82 Å². The Morgan fingerprint density at radius 1 is 1.18 bits per heavy atom. The Kier molecular flexibility index (Phi) is 6.87. The van der Waals surface area contributed by atoms with E-state index in [-0.39, 0.29) is 31.1 Å². The molecule has 0 bridgehead atoms. The van der Waals surface area contributed by atoms with Crippen LogP contribution in [0.3, 0.4) is 0 Å². The summed E-state index contributed by atoms with van der Waals surface area (Å²) in [6, 6.07) is 8.29. The van der Waals surface area contributed by atoms with Crippen molar-refractivity contribution in [3.8, 4) is 0 Å². The molecule has 0 radical (unpaired) electrons. The Morgan fingerprint density at radius 3 is 2.53 bits per heavy atom. The molecule has 3 atom stereocenters. The number of ether oxygens (including phenoxy) is 1. The van der Waals surface area contributed by atoms with Gasteiger partial charge in [-0.25, -0.2) is 9.18 Å². The van der Waals surface area contributed by atoms with Gasteiger partial charge in [0, 0.05) is 32.1 Å². The summed E-state index contributed by atoms with van der Waals surface area (Å²) in [4.78, 5) is 39.9. The average molecular weight is 473 g/mol. The molecular weight excluding hydrogens is 443 g/mol. The van der Waals surface area contributed by atoms with E-state index in [2.05, 4.69) is 15.1 Å². The fourth-order valence-electron chi connectivity index (χ4n) is 4.77. The first-order chi connectivity index (χ1) is 16.2. The quantitative estimate of drug-likeness (QED) is 0.619. The number of furan rings is 1. The summed E-state index contributed by atoms with van der Waals surface area (Å²) in [5.41, 5.74) is 0.895. The maximum Gasteiger partial charge on any atom is 0.414 e. The lowest BCUT2D eigenvalue weighted by Crippen LogP contribution is -2.56. The number of anilines is 2. The van der Waals surface area contributed by atoms with E-state index in [4.69, 9.17) is 9.15 Å². The summed E-state index contributed by atoms with van der Waals surface area (Å²) in [5.74, 6) is 0.410. The highest BCUT2D eigenvalue weighted by Gasteiger charge is 2.34. The zero-order valence-corrected chi connectivity index (χ0v) is 19.5. The van der Waals surface area contributed by atoms with Gasteiger partial charge >= 0.3 is 6.09 Å². The highest BCUT2D eigenvalue weighted by molar-refractivity contribution is 5.90. The molecule has 2 amide bonds. The number of nitrogens with one attached hydrogen (secondary N) is 1. The Balaban J connectivity index is 1.43. The number of carbonyl (C=O) groups is 3. The van der Waals surface area contributed by atoms with Gasteiger partial charge in [-0.05, 0) is 44.2 Å². The van der Waals surface area contributed by atoms with Crippen molar-refractivity contribution in [2.24, 2.45) is 0 Å². The maximum absolute atomic E-state index is 15.3.